The molecule has 0 aliphatic heterocycles. The summed E-state index contributed by atoms with van der Waals surface area (Å²) in [6.07, 6.45) is 14.3. The van der Waals surface area contributed by atoms with E-state index in [1.807, 2.05) is 24.3 Å². The molecule has 65 heavy (non-hydrogen) atoms. The molecule has 0 amide bonds. The second-order valence-corrected chi connectivity index (χ2v) is 16.7. The number of hydrogen-bond acceptors (Lipinski definition) is 1. The van der Waals surface area contributed by atoms with E-state index >= 15 is 0 Å². The smallest absolute Gasteiger partial charge is 0.142 e. The Hall–Kier alpha value is -8.26. The second-order valence-electron chi connectivity index (χ2n) is 16.7. The minimum atomic E-state index is 0.863. The van der Waals surface area contributed by atoms with E-state index in [0.29, 0.717) is 0 Å². The van der Waals surface area contributed by atoms with Crippen molar-refractivity contribution in [1.82, 2.24) is 0 Å². The lowest BCUT2D eigenvalue weighted by atomic mass is 9.82. The van der Waals surface area contributed by atoms with E-state index in [0.717, 1.165) is 44.6 Å². The van der Waals surface area contributed by atoms with Crippen LogP contribution in [-0.4, -0.2) is 0 Å². The summed E-state index contributed by atoms with van der Waals surface area (Å²) in [5, 5.41) is 13.4. The van der Waals surface area contributed by atoms with Crippen molar-refractivity contribution in [2.45, 2.75) is 13.8 Å². The van der Waals surface area contributed by atoms with Crippen molar-refractivity contribution in [2.24, 2.45) is 0 Å². The molecule has 0 bridgehead atoms. The molecule has 0 aliphatic carbocycles. The Labute approximate surface area is 379 Å². The quantitative estimate of drug-likeness (QED) is 0.0802. The van der Waals surface area contributed by atoms with E-state index in [9.17, 15) is 0 Å². The summed E-state index contributed by atoms with van der Waals surface area (Å²) >= 11 is 0. The van der Waals surface area contributed by atoms with E-state index in [4.69, 9.17) is 4.42 Å². The topological polar surface area (TPSA) is 13.1 Å². The molecule has 1 nitrogen and oxygen atoms in total. The molecule has 1 heteroatoms. The summed E-state index contributed by atoms with van der Waals surface area (Å²) in [6.45, 7) is 12.4. The summed E-state index contributed by atoms with van der Waals surface area (Å²) in [5.41, 5.74) is 13.7. The van der Waals surface area contributed by atoms with Crippen LogP contribution in [0.15, 0.2) is 224 Å². The molecule has 1 heterocycles. The highest BCUT2D eigenvalue weighted by molar-refractivity contribution is 6.29. The van der Waals surface area contributed by atoms with Crippen molar-refractivity contribution in [1.29, 1.82) is 0 Å². The number of furan rings is 1. The molecule has 0 radical (unpaired) electrons. The molecule has 0 fully saturated rings. The van der Waals surface area contributed by atoms with Gasteiger partial charge in [-0.3, -0.25) is 0 Å². The minimum Gasteiger partial charge on any atom is -0.455 e. The Morgan fingerprint density at radius 2 is 1.03 bits per heavy atom. The predicted octanol–water partition coefficient (Wildman–Crippen LogP) is 18.7. The lowest BCUT2D eigenvalue weighted by Crippen LogP contribution is -1.95. The van der Waals surface area contributed by atoms with Gasteiger partial charge >= 0.3 is 0 Å². The fourth-order valence-electron chi connectivity index (χ4n) is 10.3. The predicted molar refractivity (Wildman–Crippen MR) is 283 cm³/mol. The van der Waals surface area contributed by atoms with Crippen LogP contribution in [0.2, 0.25) is 0 Å². The number of hydrogen-bond donors (Lipinski definition) is 0. The third-order valence-electron chi connectivity index (χ3n) is 13.1. The molecule has 0 saturated heterocycles. The van der Waals surface area contributed by atoms with Gasteiger partial charge in [0.25, 0.3) is 0 Å². The molecule has 0 aliphatic rings. The molecule has 11 aromatic rings. The van der Waals surface area contributed by atoms with E-state index in [2.05, 4.69) is 215 Å². The van der Waals surface area contributed by atoms with Crippen LogP contribution in [0.5, 0.6) is 0 Å². The Balaban J connectivity index is 1.09. The van der Waals surface area contributed by atoms with Crippen LogP contribution in [-0.2, 0) is 0 Å². The largest absolute Gasteiger partial charge is 0.455 e. The first kappa shape index (κ1) is 39.6. The van der Waals surface area contributed by atoms with Gasteiger partial charge in [-0.05, 0) is 136 Å². The van der Waals surface area contributed by atoms with Crippen LogP contribution in [0.4, 0.5) is 0 Å². The summed E-state index contributed by atoms with van der Waals surface area (Å²) in [7, 11) is 0. The van der Waals surface area contributed by atoms with Crippen LogP contribution >= 0.6 is 0 Å². The van der Waals surface area contributed by atoms with Gasteiger partial charge < -0.3 is 4.42 Å². The van der Waals surface area contributed by atoms with Gasteiger partial charge in [0.2, 0.25) is 0 Å². The van der Waals surface area contributed by atoms with Crippen LogP contribution in [0.25, 0.3) is 127 Å². The maximum atomic E-state index is 6.72. The molecule has 308 valence electrons. The normalized spacial score (nSPS) is 12.2. The summed E-state index contributed by atoms with van der Waals surface area (Å²) in [5.74, 6) is 0.876. The maximum absolute atomic E-state index is 6.72. The van der Waals surface area contributed by atoms with Gasteiger partial charge in [0.15, 0.2) is 0 Å². The SMILES string of the molecule is C=C/C=C\C=C(/C)c1c(-c2ccccc2)oc2cc(-c3ccc(-c4c5ccccc5c(-c5cc6c7ccccc7c(C=C)c(/C=C\C)c6c6ccccc56)c5ccccc45)cc3)ccc12. The van der Waals surface area contributed by atoms with Crippen LogP contribution in [0, 0.1) is 0 Å². The molecule has 1 aromatic heterocycles. The average molecular weight is 831 g/mol. The van der Waals surface area contributed by atoms with E-state index in [1.54, 1.807) is 6.08 Å². The van der Waals surface area contributed by atoms with Gasteiger partial charge in [-0.1, -0.05) is 213 Å². The van der Waals surface area contributed by atoms with Gasteiger partial charge in [0.1, 0.15) is 11.3 Å². The second kappa shape index (κ2) is 16.5. The Bertz CT molecular complexity index is 3740. The Morgan fingerprint density at radius 1 is 0.462 bits per heavy atom. The van der Waals surface area contributed by atoms with Crippen molar-refractivity contribution in [2.75, 3.05) is 0 Å². The lowest BCUT2D eigenvalue weighted by Gasteiger charge is -2.21. The molecule has 0 atom stereocenters. The Morgan fingerprint density at radius 3 is 1.68 bits per heavy atom. The molecular weight excluding hydrogens is 785 g/mol. The average Bonchev–Trinajstić information content (AvgIpc) is 3.75. The standard InChI is InChI=1S/C64H46O/c1-5-8-10-22-41(4)60-56-38-37-45(39-59(56)65-64(60)44-23-11-9-12-24-44)42-33-35-43(36-34-42)61-52-29-17-19-31-54(52)63(55-32-20-18-30-53(55)61)58-40-57-48-26-14-13-25-47(48)46(7-3)50(21-6-2)62(57)51-28-16-15-27-49(51)58/h5-40H,1,3H2,2,4H3/b10-8-,21-6-,41-22+. The van der Waals surface area contributed by atoms with Crippen molar-refractivity contribution in [3.05, 3.63) is 236 Å². The van der Waals surface area contributed by atoms with Gasteiger partial charge in [0, 0.05) is 16.5 Å². The van der Waals surface area contributed by atoms with Gasteiger partial charge in [-0.25, -0.2) is 0 Å². The zero-order valence-corrected chi connectivity index (χ0v) is 36.6. The van der Waals surface area contributed by atoms with E-state index in [1.165, 1.54) is 87.2 Å². The van der Waals surface area contributed by atoms with Crippen molar-refractivity contribution in [3.8, 4) is 44.7 Å². The summed E-state index contributed by atoms with van der Waals surface area (Å²) in [4.78, 5) is 0. The van der Waals surface area contributed by atoms with Crippen molar-refractivity contribution in [3.63, 3.8) is 0 Å². The first-order valence-corrected chi connectivity index (χ1v) is 22.4. The van der Waals surface area contributed by atoms with Gasteiger partial charge in [-0.2, -0.15) is 0 Å². The molecule has 11 rings (SSSR count). The summed E-state index contributed by atoms with van der Waals surface area (Å²) in [6, 6.07) is 64.2. The molecule has 0 unspecified atom stereocenters. The monoisotopic (exact) mass is 830 g/mol. The zero-order chi connectivity index (χ0) is 44.0. The third kappa shape index (κ3) is 6.55. The molecule has 0 N–H and O–H groups in total. The first-order chi connectivity index (χ1) is 32.1. The van der Waals surface area contributed by atoms with E-state index < -0.39 is 0 Å². The molecule has 10 aromatic carbocycles. The molecular formula is C64H46O. The van der Waals surface area contributed by atoms with Crippen LogP contribution in [0.3, 0.4) is 0 Å². The van der Waals surface area contributed by atoms with Gasteiger partial charge in [0.05, 0.1) is 0 Å². The van der Waals surface area contributed by atoms with Crippen molar-refractivity contribution < 1.29 is 4.42 Å². The van der Waals surface area contributed by atoms with Gasteiger partial charge in [-0.15, -0.1) is 0 Å². The lowest BCUT2D eigenvalue weighted by molar-refractivity contribution is 0.630. The summed E-state index contributed by atoms with van der Waals surface area (Å²) < 4.78 is 6.72. The third-order valence-corrected chi connectivity index (χ3v) is 13.1. The van der Waals surface area contributed by atoms with Crippen LogP contribution < -0.4 is 0 Å². The van der Waals surface area contributed by atoms with Crippen LogP contribution in [0.1, 0.15) is 30.5 Å². The molecule has 0 saturated carbocycles. The first-order valence-electron chi connectivity index (χ1n) is 22.4. The number of fused-ring (bicyclic) bond motifs is 8. The highest BCUT2D eigenvalue weighted by Gasteiger charge is 2.22. The van der Waals surface area contributed by atoms with E-state index in [-0.39, 0.29) is 0 Å². The molecule has 0 spiro atoms. The number of allylic oxidation sites excluding steroid dienone is 6. The number of benzene rings is 10. The maximum Gasteiger partial charge on any atom is 0.142 e. The minimum absolute atomic E-state index is 0.863. The zero-order valence-electron chi connectivity index (χ0n) is 36.6. The fourth-order valence-corrected chi connectivity index (χ4v) is 10.3. The fraction of sp³-hybridized carbons (Fsp3) is 0.0312. The number of rotatable bonds is 9. The highest BCUT2D eigenvalue weighted by Crippen LogP contribution is 2.49. The highest BCUT2D eigenvalue weighted by atomic mass is 16.3. The van der Waals surface area contributed by atoms with Crippen molar-refractivity contribution >= 4 is 82.6 Å². The Kier molecular flexibility index (Phi) is 10.0.